The van der Waals surface area contributed by atoms with Gasteiger partial charge in [-0.3, -0.25) is 4.79 Å². The predicted octanol–water partition coefficient (Wildman–Crippen LogP) is 5.44. The Bertz CT molecular complexity index is 1040. The molecule has 2 atom stereocenters. The zero-order valence-electron chi connectivity index (χ0n) is 17.0. The highest BCUT2D eigenvalue weighted by atomic mass is 32.2. The second-order valence-corrected chi connectivity index (χ2v) is 8.52. The molecule has 0 aromatic heterocycles. The van der Waals surface area contributed by atoms with E-state index in [1.807, 2.05) is 72.8 Å². The van der Waals surface area contributed by atoms with Gasteiger partial charge in [-0.15, -0.1) is 11.8 Å². The summed E-state index contributed by atoms with van der Waals surface area (Å²) in [4.78, 5) is 28.2. The molecule has 5 heteroatoms. The summed E-state index contributed by atoms with van der Waals surface area (Å²) in [5.41, 5.74) is 1.60. The van der Waals surface area contributed by atoms with Crippen LogP contribution in [0.15, 0.2) is 72.8 Å². The summed E-state index contributed by atoms with van der Waals surface area (Å²) in [7, 11) is 0. The number of rotatable bonds is 6. The van der Waals surface area contributed by atoms with Gasteiger partial charge in [0.25, 0.3) is 5.91 Å². The van der Waals surface area contributed by atoms with Crippen LogP contribution in [0.3, 0.4) is 0 Å². The summed E-state index contributed by atoms with van der Waals surface area (Å²) >= 11 is 1.61. The van der Waals surface area contributed by atoms with E-state index < -0.39 is 6.04 Å². The molecule has 4 rings (SSSR count). The maximum Gasteiger partial charge on any atom is 0.329 e. The second kappa shape index (κ2) is 9.35. The third-order valence-corrected chi connectivity index (χ3v) is 6.65. The molecular weight excluding hydrogens is 394 g/mol. The summed E-state index contributed by atoms with van der Waals surface area (Å²) < 4.78 is 5.49. The maximum atomic E-state index is 13.6. The number of unbranched alkanes of at least 4 members (excludes halogenated alkanes) is 1. The van der Waals surface area contributed by atoms with E-state index in [4.69, 9.17) is 4.74 Å². The fraction of sp³-hybridized carbons (Fsp3) is 0.280. The van der Waals surface area contributed by atoms with Crippen molar-refractivity contribution >= 4 is 34.4 Å². The largest absolute Gasteiger partial charge is 0.464 e. The van der Waals surface area contributed by atoms with Crippen molar-refractivity contribution in [1.82, 2.24) is 4.90 Å². The zero-order chi connectivity index (χ0) is 20.9. The van der Waals surface area contributed by atoms with Gasteiger partial charge in [0, 0.05) is 11.3 Å². The van der Waals surface area contributed by atoms with Gasteiger partial charge >= 0.3 is 5.97 Å². The van der Waals surface area contributed by atoms with Crippen LogP contribution in [0.2, 0.25) is 0 Å². The second-order valence-electron chi connectivity index (χ2n) is 7.41. The fourth-order valence-corrected chi connectivity index (χ4v) is 5.11. The first-order chi connectivity index (χ1) is 14.7. The Morgan fingerprint density at radius 1 is 1.00 bits per heavy atom. The molecule has 0 spiro atoms. The number of thioether (sulfide) groups is 1. The van der Waals surface area contributed by atoms with Gasteiger partial charge in [0.05, 0.1) is 6.61 Å². The van der Waals surface area contributed by atoms with Crippen LogP contribution in [-0.2, 0) is 9.53 Å². The molecule has 0 bridgehead atoms. The van der Waals surface area contributed by atoms with Gasteiger partial charge in [0.15, 0.2) is 0 Å². The van der Waals surface area contributed by atoms with Crippen LogP contribution in [0.5, 0.6) is 0 Å². The number of benzene rings is 3. The highest BCUT2D eigenvalue weighted by Crippen LogP contribution is 2.42. The Hall–Kier alpha value is -2.79. The Morgan fingerprint density at radius 2 is 1.73 bits per heavy atom. The van der Waals surface area contributed by atoms with Crippen molar-refractivity contribution in [2.45, 2.75) is 31.2 Å². The van der Waals surface area contributed by atoms with Gasteiger partial charge in [-0.2, -0.15) is 0 Å². The lowest BCUT2D eigenvalue weighted by atomic mass is 10.0. The third-order valence-electron chi connectivity index (χ3n) is 5.33. The number of hydrogen-bond donors (Lipinski definition) is 0. The average molecular weight is 420 g/mol. The minimum Gasteiger partial charge on any atom is -0.464 e. The van der Waals surface area contributed by atoms with E-state index in [1.165, 1.54) is 0 Å². The molecule has 4 nitrogen and oxygen atoms in total. The van der Waals surface area contributed by atoms with Crippen molar-refractivity contribution in [3.8, 4) is 0 Å². The lowest BCUT2D eigenvalue weighted by Gasteiger charge is -2.29. The van der Waals surface area contributed by atoms with Crippen LogP contribution in [0.4, 0.5) is 0 Å². The van der Waals surface area contributed by atoms with Crippen molar-refractivity contribution in [3.63, 3.8) is 0 Å². The topological polar surface area (TPSA) is 46.6 Å². The molecule has 0 saturated carbocycles. The Balaban J connectivity index is 1.66. The summed E-state index contributed by atoms with van der Waals surface area (Å²) in [6.07, 6.45) is 1.78. The smallest absolute Gasteiger partial charge is 0.329 e. The quantitative estimate of drug-likeness (QED) is 0.394. The number of hydrogen-bond acceptors (Lipinski definition) is 4. The van der Waals surface area contributed by atoms with E-state index in [0.29, 0.717) is 17.9 Å². The molecule has 1 heterocycles. The fourth-order valence-electron chi connectivity index (χ4n) is 3.70. The first-order valence-corrected chi connectivity index (χ1v) is 11.4. The molecule has 1 amide bonds. The van der Waals surface area contributed by atoms with E-state index in [1.54, 1.807) is 16.7 Å². The van der Waals surface area contributed by atoms with Crippen LogP contribution in [0, 0.1) is 0 Å². The normalized spacial score (nSPS) is 18.5. The van der Waals surface area contributed by atoms with E-state index in [-0.39, 0.29) is 17.3 Å². The van der Waals surface area contributed by atoms with Gasteiger partial charge in [-0.1, -0.05) is 74.0 Å². The van der Waals surface area contributed by atoms with Crippen molar-refractivity contribution in [2.75, 3.05) is 12.4 Å². The summed E-state index contributed by atoms with van der Waals surface area (Å²) in [5.74, 6) is 0.0738. The molecule has 0 radical (unpaired) electrons. The molecule has 154 valence electrons. The molecule has 1 fully saturated rings. The first-order valence-electron chi connectivity index (χ1n) is 10.3. The van der Waals surface area contributed by atoms with E-state index in [0.717, 1.165) is 29.2 Å². The van der Waals surface area contributed by atoms with Gasteiger partial charge in [0.1, 0.15) is 11.4 Å². The summed E-state index contributed by atoms with van der Waals surface area (Å²) in [6.45, 7) is 2.45. The van der Waals surface area contributed by atoms with Crippen LogP contribution >= 0.6 is 11.8 Å². The number of esters is 1. The van der Waals surface area contributed by atoms with Crippen LogP contribution in [0.1, 0.15) is 41.1 Å². The molecule has 1 aliphatic rings. The van der Waals surface area contributed by atoms with Crippen molar-refractivity contribution < 1.29 is 14.3 Å². The van der Waals surface area contributed by atoms with Crippen LogP contribution in [-0.4, -0.2) is 35.2 Å². The minimum atomic E-state index is -0.587. The number of ether oxygens (including phenoxy) is 1. The van der Waals surface area contributed by atoms with Crippen LogP contribution in [0.25, 0.3) is 10.8 Å². The number of carbonyl (C=O) groups is 2. The maximum absolute atomic E-state index is 13.6. The van der Waals surface area contributed by atoms with E-state index >= 15 is 0 Å². The standard InChI is InChI=1S/C25H25NO3S/c1-2-3-15-29-25(28)22-17-30-24(19-10-5-4-6-11-19)26(22)23(27)21-14-13-18-9-7-8-12-20(18)16-21/h4-14,16,22,24H,2-3,15,17H2,1H3. The molecule has 1 saturated heterocycles. The molecule has 0 N–H and O–H groups in total. The molecule has 1 aliphatic heterocycles. The highest BCUT2D eigenvalue weighted by Gasteiger charge is 2.43. The van der Waals surface area contributed by atoms with Crippen molar-refractivity contribution in [2.24, 2.45) is 0 Å². The molecule has 30 heavy (non-hydrogen) atoms. The van der Waals surface area contributed by atoms with Gasteiger partial charge in [0.2, 0.25) is 0 Å². The lowest BCUT2D eigenvalue weighted by molar-refractivity contribution is -0.148. The molecule has 0 aliphatic carbocycles. The molecule has 3 aromatic rings. The van der Waals surface area contributed by atoms with Crippen molar-refractivity contribution in [1.29, 1.82) is 0 Å². The molecular formula is C25H25NO3S. The zero-order valence-corrected chi connectivity index (χ0v) is 17.8. The lowest BCUT2D eigenvalue weighted by Crippen LogP contribution is -2.44. The average Bonchev–Trinajstić information content (AvgIpc) is 3.24. The SMILES string of the molecule is CCCCOC(=O)C1CSC(c2ccccc2)N1C(=O)c1ccc2ccccc2c1. The van der Waals surface area contributed by atoms with E-state index in [9.17, 15) is 9.59 Å². The monoisotopic (exact) mass is 419 g/mol. The Morgan fingerprint density at radius 3 is 2.50 bits per heavy atom. The number of amides is 1. The van der Waals surface area contributed by atoms with Gasteiger partial charge in [-0.25, -0.2) is 4.79 Å². The van der Waals surface area contributed by atoms with Crippen molar-refractivity contribution in [3.05, 3.63) is 83.9 Å². The van der Waals surface area contributed by atoms with E-state index in [2.05, 4.69) is 6.92 Å². The minimum absolute atomic E-state index is 0.142. The Kier molecular flexibility index (Phi) is 6.38. The first kappa shape index (κ1) is 20.5. The summed E-state index contributed by atoms with van der Waals surface area (Å²) in [5, 5.41) is 1.88. The van der Waals surface area contributed by atoms with Gasteiger partial charge < -0.3 is 9.64 Å². The Labute approximate surface area is 181 Å². The number of fused-ring (bicyclic) bond motifs is 1. The number of nitrogens with zero attached hydrogens (tertiary/aromatic N) is 1. The predicted molar refractivity (Wildman–Crippen MR) is 121 cm³/mol. The molecule has 3 aromatic carbocycles. The number of carbonyl (C=O) groups excluding carboxylic acids is 2. The van der Waals surface area contributed by atoms with Crippen LogP contribution < -0.4 is 0 Å². The molecule has 2 unspecified atom stereocenters. The highest BCUT2D eigenvalue weighted by molar-refractivity contribution is 7.99. The third kappa shape index (κ3) is 4.21. The van der Waals surface area contributed by atoms with Gasteiger partial charge in [-0.05, 0) is 34.9 Å². The summed E-state index contributed by atoms with van der Waals surface area (Å²) in [6, 6.07) is 23.0.